The van der Waals surface area contributed by atoms with Crippen LogP contribution in [0.25, 0.3) is 0 Å². The molecule has 2 aromatic carbocycles. The molecule has 2 amide bonds. The molecular formula is C24H29BrN2O2. The predicted octanol–water partition coefficient (Wildman–Crippen LogP) is 4.89. The summed E-state index contributed by atoms with van der Waals surface area (Å²) in [6.45, 7) is 3.42. The van der Waals surface area contributed by atoms with Crippen LogP contribution in [-0.2, 0) is 16.0 Å². The molecule has 0 saturated carbocycles. The van der Waals surface area contributed by atoms with Gasteiger partial charge >= 0.3 is 0 Å². The van der Waals surface area contributed by atoms with Crippen molar-refractivity contribution in [2.45, 2.75) is 45.1 Å². The van der Waals surface area contributed by atoms with Crippen molar-refractivity contribution < 1.29 is 9.59 Å². The van der Waals surface area contributed by atoms with Crippen LogP contribution in [0.4, 0.5) is 0 Å². The number of halogens is 1. The van der Waals surface area contributed by atoms with Crippen LogP contribution in [0.5, 0.6) is 0 Å². The molecule has 1 unspecified atom stereocenters. The molecule has 0 aliphatic carbocycles. The van der Waals surface area contributed by atoms with Gasteiger partial charge < -0.3 is 10.2 Å². The summed E-state index contributed by atoms with van der Waals surface area (Å²) >= 11 is 3.45. The van der Waals surface area contributed by atoms with Gasteiger partial charge in [-0.25, -0.2) is 0 Å². The number of nitrogens with zero attached hydrogens (tertiary/aromatic N) is 1. The third kappa shape index (κ3) is 6.17. The number of amides is 2. The fraction of sp³-hybridized carbons (Fsp3) is 0.417. The van der Waals surface area contributed by atoms with Crippen LogP contribution in [0, 0.1) is 5.92 Å². The first-order valence-electron chi connectivity index (χ1n) is 10.4. The van der Waals surface area contributed by atoms with Crippen molar-refractivity contribution in [3.8, 4) is 0 Å². The van der Waals surface area contributed by atoms with Gasteiger partial charge in [0.25, 0.3) is 0 Å². The zero-order chi connectivity index (χ0) is 20.6. The van der Waals surface area contributed by atoms with Gasteiger partial charge in [0.1, 0.15) is 0 Å². The maximum atomic E-state index is 12.8. The summed E-state index contributed by atoms with van der Waals surface area (Å²) < 4.78 is 1.03. The van der Waals surface area contributed by atoms with Gasteiger partial charge in [-0.05, 0) is 48.9 Å². The van der Waals surface area contributed by atoms with Crippen molar-refractivity contribution in [2.75, 3.05) is 13.1 Å². The van der Waals surface area contributed by atoms with E-state index in [0.29, 0.717) is 19.5 Å². The molecular weight excluding hydrogens is 428 g/mol. The van der Waals surface area contributed by atoms with E-state index in [0.717, 1.165) is 35.7 Å². The minimum absolute atomic E-state index is 0.0160. The highest BCUT2D eigenvalue weighted by molar-refractivity contribution is 9.10. The fourth-order valence-electron chi connectivity index (χ4n) is 3.85. The lowest BCUT2D eigenvalue weighted by Crippen LogP contribution is -2.43. The second-order valence-electron chi connectivity index (χ2n) is 7.66. The number of hydrogen-bond acceptors (Lipinski definition) is 2. The van der Waals surface area contributed by atoms with E-state index >= 15 is 0 Å². The molecule has 0 aromatic heterocycles. The average molecular weight is 457 g/mol. The van der Waals surface area contributed by atoms with Crippen molar-refractivity contribution in [1.82, 2.24) is 10.2 Å². The molecule has 154 valence electrons. The maximum absolute atomic E-state index is 12.8. The van der Waals surface area contributed by atoms with Crippen LogP contribution in [0.15, 0.2) is 59.1 Å². The van der Waals surface area contributed by atoms with Gasteiger partial charge in [-0.3, -0.25) is 9.59 Å². The van der Waals surface area contributed by atoms with E-state index in [-0.39, 0.29) is 23.8 Å². The first-order valence-corrected chi connectivity index (χ1v) is 11.2. The predicted molar refractivity (Wildman–Crippen MR) is 119 cm³/mol. The average Bonchev–Trinajstić information content (AvgIpc) is 2.77. The van der Waals surface area contributed by atoms with Gasteiger partial charge in [0.05, 0.1) is 6.04 Å². The van der Waals surface area contributed by atoms with Crippen molar-refractivity contribution in [3.63, 3.8) is 0 Å². The van der Waals surface area contributed by atoms with E-state index in [4.69, 9.17) is 0 Å². The van der Waals surface area contributed by atoms with Gasteiger partial charge in [-0.1, -0.05) is 65.3 Å². The van der Waals surface area contributed by atoms with Gasteiger partial charge in [0.2, 0.25) is 11.8 Å². The fourth-order valence-corrected chi connectivity index (χ4v) is 4.12. The highest BCUT2D eigenvalue weighted by Gasteiger charge is 2.28. The van der Waals surface area contributed by atoms with Crippen LogP contribution in [-0.4, -0.2) is 29.8 Å². The Morgan fingerprint density at radius 2 is 1.72 bits per heavy atom. The SMILES string of the molecule is CCC(NC(=O)C1CCN(C(=O)CCc2ccccc2)CC1)c1ccc(Br)cc1. The summed E-state index contributed by atoms with van der Waals surface area (Å²) in [6, 6.07) is 18.2. The summed E-state index contributed by atoms with van der Waals surface area (Å²) in [5, 5.41) is 3.21. The molecule has 1 aliphatic heterocycles. The van der Waals surface area contributed by atoms with Crippen molar-refractivity contribution in [1.29, 1.82) is 0 Å². The van der Waals surface area contributed by atoms with E-state index in [2.05, 4.69) is 40.3 Å². The molecule has 0 bridgehead atoms. The minimum Gasteiger partial charge on any atom is -0.349 e. The number of rotatable bonds is 7. The first kappa shape index (κ1) is 21.6. The first-order chi connectivity index (χ1) is 14.1. The molecule has 3 rings (SSSR count). The monoisotopic (exact) mass is 456 g/mol. The van der Waals surface area contributed by atoms with Gasteiger partial charge in [-0.15, -0.1) is 0 Å². The number of benzene rings is 2. The zero-order valence-electron chi connectivity index (χ0n) is 16.9. The molecule has 1 heterocycles. The largest absolute Gasteiger partial charge is 0.349 e. The third-order valence-corrected chi connectivity index (χ3v) is 6.21. The van der Waals surface area contributed by atoms with Crippen LogP contribution >= 0.6 is 15.9 Å². The zero-order valence-corrected chi connectivity index (χ0v) is 18.5. The molecule has 1 aliphatic rings. The standard InChI is InChI=1S/C24H29BrN2O2/c1-2-22(19-9-11-21(25)12-10-19)26-24(29)20-14-16-27(17-15-20)23(28)13-8-18-6-4-3-5-7-18/h3-7,9-12,20,22H,2,8,13-17H2,1H3,(H,26,29). The van der Waals surface area contributed by atoms with Gasteiger partial charge in [0.15, 0.2) is 0 Å². The third-order valence-electron chi connectivity index (χ3n) is 5.69. The quantitative estimate of drug-likeness (QED) is 0.644. The second-order valence-corrected chi connectivity index (χ2v) is 8.58. The molecule has 5 heteroatoms. The number of aryl methyl sites for hydroxylation is 1. The topological polar surface area (TPSA) is 49.4 Å². The number of piperidine rings is 1. The maximum Gasteiger partial charge on any atom is 0.223 e. The van der Waals surface area contributed by atoms with Crippen LogP contribution in [0.2, 0.25) is 0 Å². The Morgan fingerprint density at radius 3 is 2.34 bits per heavy atom. The smallest absolute Gasteiger partial charge is 0.223 e. The number of carbonyl (C=O) groups is 2. The van der Waals surface area contributed by atoms with Crippen LogP contribution in [0.1, 0.15) is 49.8 Å². The molecule has 0 spiro atoms. The number of hydrogen-bond donors (Lipinski definition) is 1. The van der Waals surface area contributed by atoms with Crippen molar-refractivity contribution in [2.24, 2.45) is 5.92 Å². The van der Waals surface area contributed by atoms with Crippen molar-refractivity contribution in [3.05, 3.63) is 70.2 Å². The number of nitrogens with one attached hydrogen (secondary N) is 1. The highest BCUT2D eigenvalue weighted by atomic mass is 79.9. The van der Waals surface area contributed by atoms with E-state index in [1.54, 1.807) is 0 Å². The Labute approximate surface area is 181 Å². The molecule has 2 aromatic rings. The summed E-state index contributed by atoms with van der Waals surface area (Å²) in [5.74, 6) is 0.280. The Hall–Kier alpha value is -2.14. The Kier molecular flexibility index (Phi) is 7.87. The molecule has 1 saturated heterocycles. The lowest BCUT2D eigenvalue weighted by Gasteiger charge is -2.32. The summed E-state index contributed by atoms with van der Waals surface area (Å²) in [4.78, 5) is 27.2. The van der Waals surface area contributed by atoms with Gasteiger partial charge in [0, 0.05) is 29.9 Å². The van der Waals surface area contributed by atoms with Crippen molar-refractivity contribution >= 4 is 27.7 Å². The molecule has 1 fully saturated rings. The second kappa shape index (κ2) is 10.6. The molecule has 29 heavy (non-hydrogen) atoms. The summed E-state index contributed by atoms with van der Waals surface area (Å²) in [6.07, 6.45) is 3.62. The minimum atomic E-state index is -0.0160. The lowest BCUT2D eigenvalue weighted by atomic mass is 9.94. The molecule has 4 nitrogen and oxygen atoms in total. The Balaban J connectivity index is 1.46. The normalized spacial score (nSPS) is 15.7. The summed E-state index contributed by atoms with van der Waals surface area (Å²) in [7, 11) is 0. The van der Waals surface area contributed by atoms with E-state index in [1.807, 2.05) is 47.4 Å². The van der Waals surface area contributed by atoms with E-state index in [9.17, 15) is 9.59 Å². The summed E-state index contributed by atoms with van der Waals surface area (Å²) in [5.41, 5.74) is 2.31. The number of carbonyl (C=O) groups excluding carboxylic acids is 2. The molecule has 1 N–H and O–H groups in total. The van der Waals surface area contributed by atoms with Gasteiger partial charge in [-0.2, -0.15) is 0 Å². The number of likely N-dealkylation sites (tertiary alicyclic amines) is 1. The van der Waals surface area contributed by atoms with E-state index in [1.165, 1.54) is 5.56 Å². The Bertz CT molecular complexity index is 799. The Morgan fingerprint density at radius 1 is 1.07 bits per heavy atom. The molecule has 0 radical (unpaired) electrons. The van der Waals surface area contributed by atoms with Crippen LogP contribution < -0.4 is 5.32 Å². The van der Waals surface area contributed by atoms with E-state index < -0.39 is 0 Å². The van der Waals surface area contributed by atoms with Crippen LogP contribution in [0.3, 0.4) is 0 Å². The highest BCUT2D eigenvalue weighted by Crippen LogP contribution is 2.23. The molecule has 1 atom stereocenters. The lowest BCUT2D eigenvalue weighted by molar-refractivity contribution is -0.135.